The summed E-state index contributed by atoms with van der Waals surface area (Å²) in [5.41, 5.74) is 18.6. The van der Waals surface area contributed by atoms with Crippen LogP contribution in [0.2, 0.25) is 0 Å². The maximum atomic E-state index is 3.79. The van der Waals surface area contributed by atoms with Crippen molar-refractivity contribution in [1.82, 2.24) is 4.98 Å². The van der Waals surface area contributed by atoms with Gasteiger partial charge in [-0.25, -0.2) is 0 Å². The molecule has 0 amide bonds. The number of rotatable bonds is 8. The van der Waals surface area contributed by atoms with E-state index in [1.54, 1.807) is 0 Å². The average Bonchev–Trinajstić information content (AvgIpc) is 3.91. The van der Waals surface area contributed by atoms with Crippen LogP contribution in [0.5, 0.6) is 0 Å². The monoisotopic (exact) mass is 811 g/mol. The van der Waals surface area contributed by atoms with Crippen LogP contribution in [0.3, 0.4) is 0 Å². The van der Waals surface area contributed by atoms with Gasteiger partial charge in [-0.2, -0.15) is 0 Å². The lowest BCUT2D eigenvalue weighted by Gasteiger charge is -2.36. The van der Waals surface area contributed by atoms with E-state index in [9.17, 15) is 0 Å². The summed E-state index contributed by atoms with van der Waals surface area (Å²) in [5, 5.41) is 2.47. The number of nitrogens with one attached hydrogen (secondary N) is 1. The van der Waals surface area contributed by atoms with Gasteiger partial charge in [-0.3, -0.25) is 0 Å². The molecule has 0 radical (unpaired) electrons. The summed E-state index contributed by atoms with van der Waals surface area (Å²) in [5.74, 6) is 0.900. The number of para-hydroxylation sites is 6. The molecular weight excluding hydrogens is 763 g/mol. The maximum absolute atomic E-state index is 3.79. The highest BCUT2D eigenvalue weighted by atomic mass is 15.2. The van der Waals surface area contributed by atoms with Gasteiger partial charge in [-0.05, 0) is 89.6 Å². The highest BCUT2D eigenvalue weighted by molar-refractivity contribution is 6.13. The van der Waals surface area contributed by atoms with Gasteiger partial charge >= 0.3 is 0 Å². The first-order valence-electron chi connectivity index (χ1n) is 22.8. The Morgan fingerprint density at radius 1 is 0.492 bits per heavy atom. The zero-order valence-electron chi connectivity index (χ0n) is 35.4. The van der Waals surface area contributed by atoms with Gasteiger partial charge in [0.2, 0.25) is 0 Å². The van der Waals surface area contributed by atoms with Crippen molar-refractivity contribution >= 4 is 55.8 Å². The van der Waals surface area contributed by atoms with E-state index < -0.39 is 0 Å². The number of benzene rings is 8. The minimum absolute atomic E-state index is 0.282. The van der Waals surface area contributed by atoms with Gasteiger partial charge < -0.3 is 14.8 Å². The van der Waals surface area contributed by atoms with Crippen LogP contribution < -0.4 is 9.80 Å². The highest BCUT2D eigenvalue weighted by Gasteiger charge is 2.41. The first kappa shape index (κ1) is 37.4. The molecule has 2 heterocycles. The molecule has 0 spiro atoms. The number of aromatic amines is 1. The Balaban J connectivity index is 0.951. The average molecular weight is 812 g/mol. The molecule has 3 atom stereocenters. The fraction of sp³-hybridized carbons (Fsp3) is 0.133. The SMILES string of the molecule is C1=CC(c2ccc(N(c3ccccc3-c3ccccc3)c3ccccc3-c3cccc4c3[nH]c3ccccc34)cc2)=CC(c2ccccc2N2c3ccccc3C3CCCCC32)C1. The Morgan fingerprint density at radius 2 is 1.13 bits per heavy atom. The minimum atomic E-state index is 0.282. The van der Waals surface area contributed by atoms with Crippen molar-refractivity contribution in [3.8, 4) is 22.3 Å². The summed E-state index contributed by atoms with van der Waals surface area (Å²) in [4.78, 5) is 8.96. The third-order valence-electron chi connectivity index (χ3n) is 14.0. The van der Waals surface area contributed by atoms with Crippen molar-refractivity contribution in [3.05, 3.63) is 229 Å². The number of nitrogens with zero attached hydrogens (tertiary/aromatic N) is 2. The molecule has 1 saturated carbocycles. The van der Waals surface area contributed by atoms with Gasteiger partial charge in [0.15, 0.2) is 0 Å². The number of hydrogen-bond acceptors (Lipinski definition) is 2. The van der Waals surface area contributed by atoms with Crippen molar-refractivity contribution in [2.75, 3.05) is 9.80 Å². The van der Waals surface area contributed by atoms with Crippen LogP contribution >= 0.6 is 0 Å². The van der Waals surface area contributed by atoms with E-state index in [4.69, 9.17) is 0 Å². The van der Waals surface area contributed by atoms with Crippen LogP contribution in [0, 0.1) is 0 Å². The van der Waals surface area contributed by atoms with Crippen LogP contribution in [0.15, 0.2) is 212 Å². The topological polar surface area (TPSA) is 22.3 Å². The van der Waals surface area contributed by atoms with E-state index in [0.29, 0.717) is 12.0 Å². The number of allylic oxidation sites excluding steroid dienone is 4. The van der Waals surface area contributed by atoms with Gasteiger partial charge in [-0.15, -0.1) is 0 Å². The molecule has 2 aliphatic carbocycles. The van der Waals surface area contributed by atoms with Crippen LogP contribution in [0.4, 0.5) is 28.4 Å². The van der Waals surface area contributed by atoms with Crippen LogP contribution in [-0.4, -0.2) is 11.0 Å². The number of fused-ring (bicyclic) bond motifs is 6. The van der Waals surface area contributed by atoms with Crippen molar-refractivity contribution in [2.45, 2.75) is 50.0 Å². The second-order valence-corrected chi connectivity index (χ2v) is 17.5. The second-order valence-electron chi connectivity index (χ2n) is 17.5. The summed E-state index contributed by atoms with van der Waals surface area (Å²) in [7, 11) is 0. The van der Waals surface area contributed by atoms with E-state index in [1.807, 2.05) is 0 Å². The summed E-state index contributed by atoms with van der Waals surface area (Å²) in [6.07, 6.45) is 13.4. The van der Waals surface area contributed by atoms with Crippen molar-refractivity contribution in [3.63, 3.8) is 0 Å². The third kappa shape index (κ3) is 6.50. The molecular formula is C60H49N3. The van der Waals surface area contributed by atoms with E-state index in [2.05, 4.69) is 227 Å². The smallest absolute Gasteiger partial charge is 0.0545 e. The molecule has 0 saturated heterocycles. The number of H-pyrrole nitrogens is 1. The Morgan fingerprint density at radius 3 is 1.97 bits per heavy atom. The molecule has 1 aliphatic heterocycles. The standard InChI is InChI=1S/C60H49N3/c1-2-18-42(19-3-1)46-22-5-11-31-55(46)62(57-33-13-9-27-51(57)53-29-17-28-52-48-24-4-10-30-54(48)61-60(52)53)45-38-36-41(37-39-45)43-20-16-21-44(40-43)47-23-6-12-32-56(47)63-58-34-14-7-25-49(58)50-26-8-15-35-59(50)63/h1-7,9-14,16-20,22-25,27-34,36-40,44,50,59,61H,8,15,21,26,35H2. The number of hydrogen-bond donors (Lipinski definition) is 1. The summed E-state index contributed by atoms with van der Waals surface area (Å²) in [6.45, 7) is 0. The van der Waals surface area contributed by atoms with Gasteiger partial charge in [0, 0.05) is 67.9 Å². The highest BCUT2D eigenvalue weighted by Crippen LogP contribution is 2.53. The van der Waals surface area contributed by atoms with Crippen LogP contribution in [0.25, 0.3) is 49.6 Å². The number of anilines is 5. The lowest BCUT2D eigenvalue weighted by Crippen LogP contribution is -2.33. The predicted octanol–water partition coefficient (Wildman–Crippen LogP) is 16.4. The molecule has 9 aromatic rings. The molecule has 1 fully saturated rings. The molecule has 3 aliphatic rings. The van der Waals surface area contributed by atoms with E-state index >= 15 is 0 Å². The zero-order valence-corrected chi connectivity index (χ0v) is 35.4. The van der Waals surface area contributed by atoms with Gasteiger partial charge in [-0.1, -0.05) is 183 Å². The molecule has 1 N–H and O–H groups in total. The summed E-state index contributed by atoms with van der Waals surface area (Å²) < 4.78 is 0. The third-order valence-corrected chi connectivity index (χ3v) is 14.0. The Kier molecular flexibility index (Phi) is 9.40. The van der Waals surface area contributed by atoms with Gasteiger partial charge in [0.1, 0.15) is 0 Å². The minimum Gasteiger partial charge on any atom is -0.354 e. The fourth-order valence-corrected chi connectivity index (χ4v) is 11.1. The van der Waals surface area contributed by atoms with Crippen LogP contribution in [-0.2, 0) is 0 Å². The molecule has 304 valence electrons. The van der Waals surface area contributed by atoms with Gasteiger partial charge in [0.05, 0.1) is 16.9 Å². The molecule has 8 aromatic carbocycles. The van der Waals surface area contributed by atoms with E-state index in [0.717, 1.165) is 34.5 Å². The van der Waals surface area contributed by atoms with Crippen LogP contribution in [0.1, 0.15) is 60.6 Å². The van der Waals surface area contributed by atoms with Gasteiger partial charge in [0.25, 0.3) is 0 Å². The summed E-state index contributed by atoms with van der Waals surface area (Å²) >= 11 is 0. The Labute approximate surface area is 370 Å². The van der Waals surface area contributed by atoms with E-state index in [-0.39, 0.29) is 5.92 Å². The molecule has 0 bridgehead atoms. The Bertz CT molecular complexity index is 3190. The molecule has 3 heteroatoms. The van der Waals surface area contributed by atoms with Crippen molar-refractivity contribution in [2.24, 2.45) is 0 Å². The predicted molar refractivity (Wildman–Crippen MR) is 266 cm³/mol. The maximum Gasteiger partial charge on any atom is 0.0545 e. The number of aromatic nitrogens is 1. The fourth-order valence-electron chi connectivity index (χ4n) is 11.1. The normalized spacial score (nSPS) is 18.0. The molecule has 12 rings (SSSR count). The lowest BCUT2D eigenvalue weighted by atomic mass is 9.82. The Hall–Kier alpha value is -7.36. The second kappa shape index (κ2) is 15.8. The molecule has 63 heavy (non-hydrogen) atoms. The quantitative estimate of drug-likeness (QED) is 0.165. The lowest BCUT2D eigenvalue weighted by molar-refractivity contribution is 0.401. The summed E-state index contributed by atoms with van der Waals surface area (Å²) in [6, 6.07) is 72.0. The zero-order chi connectivity index (χ0) is 41.7. The van der Waals surface area contributed by atoms with Crippen molar-refractivity contribution in [1.29, 1.82) is 0 Å². The first-order chi connectivity index (χ1) is 31.3. The first-order valence-corrected chi connectivity index (χ1v) is 22.8. The molecule has 1 aromatic heterocycles. The molecule has 3 nitrogen and oxygen atoms in total. The molecule has 3 unspecified atom stereocenters. The van der Waals surface area contributed by atoms with E-state index in [1.165, 1.54) is 92.3 Å². The van der Waals surface area contributed by atoms with Crippen molar-refractivity contribution < 1.29 is 0 Å². The largest absolute Gasteiger partial charge is 0.354 e.